The van der Waals surface area contributed by atoms with Crippen LogP contribution in [0.4, 0.5) is 5.82 Å². The average Bonchev–Trinajstić information content (AvgIpc) is 3.19. The molecule has 1 aliphatic rings. The molecule has 1 saturated heterocycles. The summed E-state index contributed by atoms with van der Waals surface area (Å²) in [6.07, 6.45) is 6.51. The van der Waals surface area contributed by atoms with Crippen molar-refractivity contribution in [3.8, 4) is 0 Å². The number of methoxy groups -OCH3 is 1. The Balaban J connectivity index is 0.00000324. The number of aromatic nitrogens is 2. The summed E-state index contributed by atoms with van der Waals surface area (Å²) in [5, 5.41) is 9.57. The number of carbonyl (C=O) groups is 2. The third-order valence-corrected chi connectivity index (χ3v) is 6.56. The van der Waals surface area contributed by atoms with Gasteiger partial charge in [0.2, 0.25) is 0 Å². The number of aromatic carboxylic acids is 1. The third-order valence-electron chi connectivity index (χ3n) is 6.56. The molecule has 0 radical (unpaired) electrons. The van der Waals surface area contributed by atoms with E-state index in [1.165, 1.54) is 13.3 Å². The Labute approximate surface area is 231 Å². The van der Waals surface area contributed by atoms with Crippen LogP contribution in [0.2, 0.25) is 0 Å². The number of nitrogens with zero attached hydrogens (tertiary/aromatic N) is 3. The summed E-state index contributed by atoms with van der Waals surface area (Å²) in [7, 11) is 1.35. The SMILES string of the molecule is C=CCCC1(C)CCN(c2c(C(OC(C)(C)C)C(=O)OC)c(C)cc3nc(C(=O)O)cn23)CC1.[H-].[Na+]. The summed E-state index contributed by atoms with van der Waals surface area (Å²) < 4.78 is 13.1. The summed E-state index contributed by atoms with van der Waals surface area (Å²) in [5.41, 5.74) is 1.55. The van der Waals surface area contributed by atoms with Gasteiger partial charge in [0.05, 0.1) is 12.7 Å². The Morgan fingerprint density at radius 2 is 1.97 bits per heavy atom. The maximum atomic E-state index is 13.0. The zero-order valence-corrected chi connectivity index (χ0v) is 24.2. The summed E-state index contributed by atoms with van der Waals surface area (Å²) in [6.45, 7) is 15.3. The van der Waals surface area contributed by atoms with Crippen LogP contribution in [0.25, 0.3) is 5.65 Å². The molecule has 0 bridgehead atoms. The monoisotopic (exact) mass is 495 g/mol. The van der Waals surface area contributed by atoms with Crippen molar-refractivity contribution in [1.82, 2.24) is 9.38 Å². The van der Waals surface area contributed by atoms with Crippen molar-refractivity contribution in [2.24, 2.45) is 5.41 Å². The van der Waals surface area contributed by atoms with Gasteiger partial charge in [0.25, 0.3) is 0 Å². The third kappa shape index (κ3) is 6.67. The average molecular weight is 496 g/mol. The molecule has 3 rings (SSSR count). The second-order valence-corrected chi connectivity index (χ2v) is 10.5. The number of carbonyl (C=O) groups excluding carboxylic acids is 1. The molecule has 1 aliphatic heterocycles. The van der Waals surface area contributed by atoms with Crippen LogP contribution in [-0.2, 0) is 14.3 Å². The first-order chi connectivity index (χ1) is 15.9. The first kappa shape index (κ1) is 29.4. The van der Waals surface area contributed by atoms with Crippen molar-refractivity contribution in [2.75, 3.05) is 25.1 Å². The molecule has 1 atom stereocenters. The number of hydrogen-bond donors (Lipinski definition) is 1. The van der Waals surface area contributed by atoms with E-state index in [2.05, 4.69) is 23.4 Å². The number of hydrogen-bond acceptors (Lipinski definition) is 6. The van der Waals surface area contributed by atoms with Crippen LogP contribution in [0.3, 0.4) is 0 Å². The molecule has 8 nitrogen and oxygen atoms in total. The van der Waals surface area contributed by atoms with Gasteiger partial charge in [-0.15, -0.1) is 6.58 Å². The predicted molar refractivity (Wildman–Crippen MR) is 133 cm³/mol. The topological polar surface area (TPSA) is 93.4 Å². The Morgan fingerprint density at radius 1 is 1.34 bits per heavy atom. The zero-order chi connectivity index (χ0) is 25.3. The number of fused-ring (bicyclic) bond motifs is 1. The van der Waals surface area contributed by atoms with Crippen molar-refractivity contribution in [2.45, 2.75) is 72.0 Å². The number of piperidine rings is 1. The molecular weight excluding hydrogens is 457 g/mol. The van der Waals surface area contributed by atoms with Crippen LogP contribution in [0.1, 0.15) is 82.5 Å². The van der Waals surface area contributed by atoms with Gasteiger partial charge >= 0.3 is 41.5 Å². The Kier molecular flexibility index (Phi) is 9.61. The standard InChI is InChI=1S/C26H37N3O5.Na.H/c1-8-9-10-26(6)11-13-28(14-12-26)22-20(21(24(32)33-7)34-25(3,4)5)17(2)15-19-27-18(23(30)31)16-29(19)22;;/h8,15-16,21H,1,9-14H2,2-7H3,(H,30,31);;/q;+1;-1. The first-order valence-electron chi connectivity index (χ1n) is 11.8. The van der Waals surface area contributed by atoms with Gasteiger partial charge in [-0.05, 0) is 70.4 Å². The number of carboxylic acids is 1. The number of rotatable bonds is 8. The van der Waals surface area contributed by atoms with Crippen LogP contribution in [-0.4, -0.2) is 52.2 Å². The molecule has 3 heterocycles. The van der Waals surface area contributed by atoms with E-state index in [0.717, 1.165) is 50.2 Å². The van der Waals surface area contributed by atoms with Gasteiger partial charge in [-0.2, -0.15) is 0 Å². The van der Waals surface area contributed by atoms with Gasteiger partial charge in [0, 0.05) is 24.8 Å². The number of ether oxygens (including phenoxy) is 2. The predicted octanol–water partition coefficient (Wildman–Crippen LogP) is 2.06. The Bertz CT molecular complexity index is 1090. The minimum Gasteiger partial charge on any atom is -1.00 e. The minimum atomic E-state index is -1.10. The molecule has 1 unspecified atom stereocenters. The van der Waals surface area contributed by atoms with E-state index in [9.17, 15) is 14.7 Å². The van der Waals surface area contributed by atoms with Crippen molar-refractivity contribution in [3.05, 3.63) is 41.7 Å². The number of pyridine rings is 1. The first-order valence-corrected chi connectivity index (χ1v) is 11.8. The van der Waals surface area contributed by atoms with Crippen LogP contribution >= 0.6 is 0 Å². The van der Waals surface area contributed by atoms with E-state index >= 15 is 0 Å². The number of anilines is 1. The van der Waals surface area contributed by atoms with Gasteiger partial charge < -0.3 is 20.9 Å². The van der Waals surface area contributed by atoms with Crippen molar-refractivity contribution in [3.63, 3.8) is 0 Å². The van der Waals surface area contributed by atoms with E-state index < -0.39 is 23.6 Å². The van der Waals surface area contributed by atoms with Gasteiger partial charge in [-0.25, -0.2) is 14.6 Å². The van der Waals surface area contributed by atoms with E-state index in [0.29, 0.717) is 11.2 Å². The fraction of sp³-hybridized carbons (Fsp3) is 0.577. The summed E-state index contributed by atoms with van der Waals surface area (Å²) >= 11 is 0. The number of carboxylic acid groups (broad SMARTS) is 1. The molecular formula is C26H38N3NaO5. The molecule has 0 saturated carbocycles. The van der Waals surface area contributed by atoms with Crippen LogP contribution in [0.5, 0.6) is 0 Å². The maximum absolute atomic E-state index is 13.0. The van der Waals surface area contributed by atoms with Crippen molar-refractivity contribution >= 4 is 23.4 Å². The second-order valence-electron chi connectivity index (χ2n) is 10.5. The molecule has 188 valence electrons. The summed E-state index contributed by atoms with van der Waals surface area (Å²) in [5.74, 6) is -0.856. The van der Waals surface area contributed by atoms with Crippen LogP contribution in [0, 0.1) is 12.3 Å². The molecule has 2 aromatic heterocycles. The number of imidazole rings is 1. The molecule has 0 amide bonds. The van der Waals surface area contributed by atoms with Crippen LogP contribution in [0.15, 0.2) is 24.9 Å². The van der Waals surface area contributed by atoms with Crippen molar-refractivity contribution < 1.29 is 55.2 Å². The Hall–Kier alpha value is -1.87. The second kappa shape index (κ2) is 11.5. The van der Waals surface area contributed by atoms with Gasteiger partial charge in [0.15, 0.2) is 11.8 Å². The summed E-state index contributed by atoms with van der Waals surface area (Å²) in [6, 6.07) is 1.80. The molecule has 9 heteroatoms. The van der Waals surface area contributed by atoms with E-state index in [1.807, 2.05) is 33.8 Å². The maximum Gasteiger partial charge on any atom is 1.00 e. The molecule has 0 spiro atoms. The van der Waals surface area contributed by atoms with Gasteiger partial charge in [-0.3, -0.25) is 4.40 Å². The molecule has 1 N–H and O–H groups in total. The van der Waals surface area contributed by atoms with E-state index in [1.54, 1.807) is 10.5 Å². The number of esters is 1. The number of allylic oxidation sites excluding steroid dienone is 1. The minimum absolute atomic E-state index is 0. The molecule has 0 aliphatic carbocycles. The Morgan fingerprint density at radius 3 is 2.49 bits per heavy atom. The zero-order valence-electron chi connectivity index (χ0n) is 23.2. The fourth-order valence-corrected chi connectivity index (χ4v) is 4.64. The molecule has 0 aromatic carbocycles. The number of aryl methyl sites for hydroxylation is 1. The largest absolute Gasteiger partial charge is 1.00 e. The van der Waals surface area contributed by atoms with Crippen LogP contribution < -0.4 is 34.5 Å². The van der Waals surface area contributed by atoms with Gasteiger partial charge in [-0.1, -0.05) is 13.0 Å². The molecule has 35 heavy (non-hydrogen) atoms. The summed E-state index contributed by atoms with van der Waals surface area (Å²) in [4.78, 5) is 31.2. The fourth-order valence-electron chi connectivity index (χ4n) is 4.64. The van der Waals surface area contributed by atoms with E-state index in [-0.39, 0.29) is 42.1 Å². The van der Waals surface area contributed by atoms with Crippen molar-refractivity contribution in [1.29, 1.82) is 0 Å². The quantitative estimate of drug-likeness (QED) is 0.340. The molecule has 2 aromatic rings. The van der Waals surface area contributed by atoms with Gasteiger partial charge in [0.1, 0.15) is 11.5 Å². The molecule has 1 fully saturated rings. The normalized spacial score (nSPS) is 16.5. The van der Waals surface area contributed by atoms with E-state index in [4.69, 9.17) is 9.47 Å². The smallest absolute Gasteiger partial charge is 1.00 e.